The molecule has 1 N–H and O–H groups in total. The van der Waals surface area contributed by atoms with E-state index in [0.717, 1.165) is 24.9 Å². The van der Waals surface area contributed by atoms with Gasteiger partial charge in [-0.05, 0) is 71.4 Å². The maximum atomic E-state index is 11.9. The van der Waals surface area contributed by atoms with Crippen LogP contribution < -0.4 is 5.32 Å². The first-order valence-electron chi connectivity index (χ1n) is 8.63. The average molecular weight is 296 g/mol. The molecule has 0 aromatic rings. The molecule has 2 aliphatic rings. The van der Waals surface area contributed by atoms with Gasteiger partial charge in [-0.1, -0.05) is 12.8 Å². The summed E-state index contributed by atoms with van der Waals surface area (Å²) in [6.45, 7) is 9.92. The highest BCUT2D eigenvalue weighted by molar-refractivity contribution is 5.75. The molecule has 4 heteroatoms. The Morgan fingerprint density at radius 1 is 1.05 bits per heavy atom. The molecule has 0 bridgehead atoms. The van der Waals surface area contributed by atoms with Gasteiger partial charge in [0.15, 0.2) is 0 Å². The molecule has 0 aliphatic carbocycles. The smallest absolute Gasteiger partial charge is 0.330 e. The van der Waals surface area contributed by atoms with E-state index in [1.807, 2.05) is 25.8 Å². The summed E-state index contributed by atoms with van der Waals surface area (Å²) >= 11 is 0. The van der Waals surface area contributed by atoms with E-state index >= 15 is 0 Å². The van der Waals surface area contributed by atoms with Crippen LogP contribution in [0.1, 0.15) is 59.3 Å². The maximum absolute atomic E-state index is 11.9. The summed E-state index contributed by atoms with van der Waals surface area (Å²) in [5.74, 6) is 1.64. The third kappa shape index (κ3) is 5.59. The number of hydrogen-bond acceptors (Lipinski definition) is 4. The first-order valence-corrected chi connectivity index (χ1v) is 8.63. The summed E-state index contributed by atoms with van der Waals surface area (Å²) in [4.78, 5) is 17.4. The Morgan fingerprint density at radius 3 is 2.10 bits per heavy atom. The van der Waals surface area contributed by atoms with Crippen molar-refractivity contribution in [3.63, 3.8) is 0 Å². The highest BCUT2D eigenvalue weighted by atomic mass is 16.7. The van der Waals surface area contributed by atoms with E-state index in [-0.39, 0.29) is 5.97 Å². The molecule has 0 amide bonds. The molecule has 0 aromatic carbocycles. The predicted molar refractivity (Wildman–Crippen MR) is 84.7 cm³/mol. The van der Waals surface area contributed by atoms with E-state index in [1.165, 1.54) is 51.6 Å². The molecule has 0 aromatic heterocycles. The van der Waals surface area contributed by atoms with Crippen molar-refractivity contribution in [1.82, 2.24) is 10.4 Å². The van der Waals surface area contributed by atoms with Gasteiger partial charge in [-0.2, -0.15) is 0 Å². The lowest BCUT2D eigenvalue weighted by Crippen LogP contribution is -2.39. The largest absolute Gasteiger partial charge is 0.367 e. The van der Waals surface area contributed by atoms with Crippen LogP contribution in [-0.4, -0.2) is 37.2 Å². The zero-order valence-corrected chi connectivity index (χ0v) is 14.0. The molecule has 2 saturated heterocycles. The summed E-state index contributed by atoms with van der Waals surface area (Å²) in [5, 5.41) is 5.30. The number of hydroxylamine groups is 2. The Labute approximate surface area is 129 Å². The lowest BCUT2D eigenvalue weighted by Gasteiger charge is -2.33. The van der Waals surface area contributed by atoms with Crippen LogP contribution in [-0.2, 0) is 9.63 Å². The number of nitrogens with one attached hydrogen (secondary N) is 1. The zero-order valence-electron chi connectivity index (χ0n) is 14.0. The molecule has 0 spiro atoms. The van der Waals surface area contributed by atoms with Crippen molar-refractivity contribution in [2.24, 2.45) is 17.3 Å². The molecule has 4 nitrogen and oxygen atoms in total. The highest BCUT2D eigenvalue weighted by Crippen LogP contribution is 2.27. The molecule has 2 heterocycles. The van der Waals surface area contributed by atoms with Crippen molar-refractivity contribution in [2.45, 2.75) is 59.3 Å². The second kappa shape index (κ2) is 7.59. The Morgan fingerprint density at radius 2 is 1.57 bits per heavy atom. The van der Waals surface area contributed by atoms with E-state index in [0.29, 0.717) is 0 Å². The van der Waals surface area contributed by atoms with E-state index in [9.17, 15) is 4.79 Å². The van der Waals surface area contributed by atoms with Crippen LogP contribution in [0.4, 0.5) is 0 Å². The summed E-state index contributed by atoms with van der Waals surface area (Å²) < 4.78 is 0. The first-order chi connectivity index (χ1) is 9.95. The van der Waals surface area contributed by atoms with Crippen molar-refractivity contribution in [3.05, 3.63) is 0 Å². The minimum absolute atomic E-state index is 0.115. The fourth-order valence-corrected chi connectivity index (χ4v) is 3.19. The molecule has 0 saturated carbocycles. The van der Waals surface area contributed by atoms with Gasteiger partial charge in [0.1, 0.15) is 0 Å². The summed E-state index contributed by atoms with van der Waals surface area (Å²) in [6.07, 6.45) is 7.77. The monoisotopic (exact) mass is 296 g/mol. The quantitative estimate of drug-likeness (QED) is 0.866. The van der Waals surface area contributed by atoms with Crippen LogP contribution >= 0.6 is 0 Å². The van der Waals surface area contributed by atoms with Crippen LogP contribution in [0.5, 0.6) is 0 Å². The third-order valence-corrected chi connectivity index (χ3v) is 4.84. The second-order valence-electron chi connectivity index (χ2n) is 7.77. The Hall–Kier alpha value is -0.610. The number of carbonyl (C=O) groups is 1. The average Bonchev–Trinajstić information content (AvgIpc) is 2.46. The highest BCUT2D eigenvalue weighted by Gasteiger charge is 2.28. The SMILES string of the molecule is CC(C)(C)C(=O)ON1CCC(CCC2CCNCC2)CC1. The molecule has 2 aliphatic heterocycles. The standard InChI is InChI=1S/C17H32N2O2/c1-17(2,3)16(20)21-19-12-8-15(9-13-19)5-4-14-6-10-18-11-7-14/h14-15,18H,4-13H2,1-3H3. The van der Waals surface area contributed by atoms with Gasteiger partial charge in [0.25, 0.3) is 0 Å². The molecule has 0 unspecified atom stereocenters. The minimum Gasteiger partial charge on any atom is -0.367 e. The summed E-state index contributed by atoms with van der Waals surface area (Å²) in [7, 11) is 0. The lowest BCUT2D eigenvalue weighted by atomic mass is 9.86. The van der Waals surface area contributed by atoms with Gasteiger partial charge in [-0.25, -0.2) is 4.79 Å². The number of nitrogens with zero attached hydrogens (tertiary/aromatic N) is 1. The van der Waals surface area contributed by atoms with Crippen molar-refractivity contribution < 1.29 is 9.63 Å². The van der Waals surface area contributed by atoms with Crippen LogP contribution in [0.3, 0.4) is 0 Å². The van der Waals surface area contributed by atoms with Gasteiger partial charge in [0, 0.05) is 13.1 Å². The molecular weight excluding hydrogens is 264 g/mol. The molecule has 2 fully saturated rings. The summed E-state index contributed by atoms with van der Waals surface area (Å²) in [5.41, 5.74) is -0.411. The van der Waals surface area contributed by atoms with Crippen LogP contribution in [0.2, 0.25) is 0 Å². The first kappa shape index (κ1) is 16.8. The minimum atomic E-state index is -0.411. The predicted octanol–water partition coefficient (Wildman–Crippen LogP) is 2.98. The van der Waals surface area contributed by atoms with Crippen LogP contribution in [0.25, 0.3) is 0 Å². The van der Waals surface area contributed by atoms with Gasteiger partial charge >= 0.3 is 5.97 Å². The molecular formula is C17H32N2O2. The fraction of sp³-hybridized carbons (Fsp3) is 0.941. The Bertz CT molecular complexity index is 324. The van der Waals surface area contributed by atoms with Gasteiger partial charge < -0.3 is 10.2 Å². The van der Waals surface area contributed by atoms with E-state index in [2.05, 4.69) is 5.32 Å². The number of rotatable bonds is 4. The van der Waals surface area contributed by atoms with E-state index in [4.69, 9.17) is 4.84 Å². The van der Waals surface area contributed by atoms with Gasteiger partial charge in [-0.15, -0.1) is 5.06 Å². The number of piperidine rings is 2. The van der Waals surface area contributed by atoms with Crippen molar-refractivity contribution in [1.29, 1.82) is 0 Å². The van der Waals surface area contributed by atoms with Crippen molar-refractivity contribution in [3.8, 4) is 0 Å². The molecule has 122 valence electrons. The topological polar surface area (TPSA) is 41.6 Å². The van der Waals surface area contributed by atoms with Gasteiger partial charge in [0.2, 0.25) is 0 Å². The Balaban J connectivity index is 1.62. The van der Waals surface area contributed by atoms with Gasteiger partial charge in [0.05, 0.1) is 5.41 Å². The second-order valence-corrected chi connectivity index (χ2v) is 7.77. The van der Waals surface area contributed by atoms with E-state index < -0.39 is 5.41 Å². The van der Waals surface area contributed by atoms with Crippen molar-refractivity contribution in [2.75, 3.05) is 26.2 Å². The molecule has 0 radical (unpaired) electrons. The lowest BCUT2D eigenvalue weighted by molar-refractivity contribution is -0.206. The zero-order chi connectivity index (χ0) is 15.3. The molecule has 0 atom stereocenters. The Kier molecular flexibility index (Phi) is 6.06. The maximum Gasteiger partial charge on any atom is 0.330 e. The normalized spacial score (nSPS) is 23.2. The van der Waals surface area contributed by atoms with Crippen LogP contribution in [0.15, 0.2) is 0 Å². The number of carbonyl (C=O) groups excluding carboxylic acids is 1. The fourth-order valence-electron chi connectivity index (χ4n) is 3.19. The third-order valence-electron chi connectivity index (χ3n) is 4.84. The molecule has 2 rings (SSSR count). The molecule has 21 heavy (non-hydrogen) atoms. The number of hydrogen-bond donors (Lipinski definition) is 1. The van der Waals surface area contributed by atoms with Crippen molar-refractivity contribution >= 4 is 5.97 Å². The summed E-state index contributed by atoms with van der Waals surface area (Å²) in [6, 6.07) is 0. The van der Waals surface area contributed by atoms with Gasteiger partial charge in [-0.3, -0.25) is 0 Å². The van der Waals surface area contributed by atoms with E-state index in [1.54, 1.807) is 0 Å². The van der Waals surface area contributed by atoms with Crippen LogP contribution in [0, 0.1) is 17.3 Å².